The molecule has 0 radical (unpaired) electrons. The van der Waals surface area contributed by atoms with E-state index in [0.717, 1.165) is 11.6 Å². The van der Waals surface area contributed by atoms with Crippen molar-refractivity contribution in [1.82, 2.24) is 4.90 Å². The maximum absolute atomic E-state index is 14.1. The van der Waals surface area contributed by atoms with Crippen molar-refractivity contribution in [2.45, 2.75) is 24.2 Å². The third-order valence-corrected chi connectivity index (χ3v) is 7.46. The summed E-state index contributed by atoms with van der Waals surface area (Å²) >= 11 is 1.18. The van der Waals surface area contributed by atoms with Gasteiger partial charge in [-0.1, -0.05) is 48.5 Å². The van der Waals surface area contributed by atoms with Crippen molar-refractivity contribution in [3.63, 3.8) is 0 Å². The van der Waals surface area contributed by atoms with Crippen molar-refractivity contribution in [2.24, 2.45) is 5.41 Å². The van der Waals surface area contributed by atoms with Gasteiger partial charge in [0, 0.05) is 12.1 Å². The number of hydrogen-bond acceptors (Lipinski definition) is 5. The first-order valence-corrected chi connectivity index (χ1v) is 11.3. The zero-order chi connectivity index (χ0) is 24.1. The number of halogens is 3. The predicted molar refractivity (Wildman–Crippen MR) is 120 cm³/mol. The third-order valence-electron chi connectivity index (χ3n) is 6.58. The fraction of sp³-hybridized carbons (Fsp3) is 0.192. The number of hydrogen-bond donors (Lipinski definition) is 0. The summed E-state index contributed by atoms with van der Waals surface area (Å²) < 4.78 is 42.3. The first-order chi connectivity index (χ1) is 16.3. The summed E-state index contributed by atoms with van der Waals surface area (Å²) in [5, 5.41) is 22.6. The monoisotopic (exact) mass is 475 g/mol. The van der Waals surface area contributed by atoms with E-state index in [1.54, 1.807) is 52.9 Å². The van der Waals surface area contributed by atoms with Crippen molar-refractivity contribution >= 4 is 23.2 Å². The van der Waals surface area contributed by atoms with Crippen molar-refractivity contribution < 1.29 is 18.0 Å². The number of rotatable bonds is 3. The Hall–Kier alpha value is -3.88. The Morgan fingerprint density at radius 2 is 1.65 bits per heavy atom. The predicted octanol–water partition coefficient (Wildman–Crippen LogP) is 6.18. The van der Waals surface area contributed by atoms with Crippen molar-refractivity contribution in [3.05, 3.63) is 99.4 Å². The molecule has 4 nitrogen and oxygen atoms in total. The van der Waals surface area contributed by atoms with E-state index >= 15 is 0 Å². The van der Waals surface area contributed by atoms with E-state index in [4.69, 9.17) is 0 Å². The second-order valence-electron chi connectivity index (χ2n) is 8.24. The summed E-state index contributed by atoms with van der Waals surface area (Å²) in [4.78, 5) is 15.7. The van der Waals surface area contributed by atoms with Crippen LogP contribution in [0.3, 0.4) is 0 Å². The van der Waals surface area contributed by atoms with E-state index in [1.165, 1.54) is 29.5 Å². The first-order valence-electron chi connectivity index (χ1n) is 10.4. The molecule has 0 amide bonds. The summed E-state index contributed by atoms with van der Waals surface area (Å²) in [6.45, 7) is 0. The Labute approximate surface area is 197 Å². The average molecular weight is 475 g/mol. The van der Waals surface area contributed by atoms with Crippen LogP contribution in [0.15, 0.2) is 72.2 Å². The van der Waals surface area contributed by atoms with Gasteiger partial charge in [-0.2, -0.15) is 23.7 Å². The largest absolute Gasteiger partial charge is 0.416 e. The van der Waals surface area contributed by atoms with Gasteiger partial charge in [0.1, 0.15) is 6.04 Å². The van der Waals surface area contributed by atoms with Crippen LogP contribution in [-0.4, -0.2) is 16.7 Å². The quantitative estimate of drug-likeness (QED) is 0.425. The molecule has 1 saturated heterocycles. The lowest BCUT2D eigenvalue weighted by molar-refractivity contribution is -0.138. The van der Waals surface area contributed by atoms with Gasteiger partial charge < -0.3 is 4.90 Å². The molecule has 168 valence electrons. The van der Waals surface area contributed by atoms with Crippen LogP contribution >= 0.6 is 11.3 Å². The number of fused-ring (bicyclic) bond motifs is 3. The van der Waals surface area contributed by atoms with Crippen LogP contribution < -0.4 is 0 Å². The number of carbonyl (C=O) groups excluding carboxylic acids is 1. The fourth-order valence-corrected chi connectivity index (χ4v) is 5.93. The van der Waals surface area contributed by atoms with Crippen LogP contribution in [0.4, 0.5) is 13.2 Å². The number of alkyl halides is 3. The number of nitrogens with zero attached hydrogens (tertiary/aromatic N) is 3. The molecule has 8 heteroatoms. The molecule has 1 fully saturated rings. The molecule has 0 spiro atoms. The minimum Gasteiger partial charge on any atom is -0.357 e. The van der Waals surface area contributed by atoms with Crippen LogP contribution in [-0.2, 0) is 6.18 Å². The lowest BCUT2D eigenvalue weighted by atomic mass is 9.67. The van der Waals surface area contributed by atoms with Gasteiger partial charge in [-0.15, -0.1) is 11.3 Å². The van der Waals surface area contributed by atoms with E-state index in [-0.39, 0.29) is 5.56 Å². The number of nitriles is 2. The lowest BCUT2D eigenvalue weighted by Gasteiger charge is -2.34. The minimum absolute atomic E-state index is 0.228. The molecule has 34 heavy (non-hydrogen) atoms. The van der Waals surface area contributed by atoms with Gasteiger partial charge in [0.05, 0.1) is 28.6 Å². The maximum Gasteiger partial charge on any atom is 0.416 e. The topological polar surface area (TPSA) is 67.9 Å². The third kappa shape index (κ3) is 3.07. The normalized spacial score (nSPS) is 22.4. The molecule has 3 atom stereocenters. The highest BCUT2D eigenvalue weighted by Crippen LogP contribution is 2.61. The molecule has 0 aliphatic carbocycles. The Kier molecular flexibility index (Phi) is 5.07. The van der Waals surface area contributed by atoms with Crippen LogP contribution in [0.1, 0.15) is 43.9 Å². The highest BCUT2D eigenvalue weighted by molar-refractivity contribution is 7.12. The molecular weight excluding hydrogens is 459 g/mol. The molecule has 0 saturated carbocycles. The van der Waals surface area contributed by atoms with Gasteiger partial charge in [0.15, 0.2) is 11.2 Å². The molecule has 3 heterocycles. The Balaban J connectivity index is 1.83. The molecule has 2 aliphatic rings. The smallest absolute Gasteiger partial charge is 0.357 e. The van der Waals surface area contributed by atoms with E-state index in [9.17, 15) is 28.5 Å². The Morgan fingerprint density at radius 1 is 0.971 bits per heavy atom. The molecule has 2 aromatic carbocycles. The summed E-state index contributed by atoms with van der Waals surface area (Å²) in [5.74, 6) is -1.76. The molecule has 2 aliphatic heterocycles. The van der Waals surface area contributed by atoms with Gasteiger partial charge in [0.25, 0.3) is 0 Å². The Morgan fingerprint density at radius 3 is 2.29 bits per heavy atom. The van der Waals surface area contributed by atoms with E-state index < -0.39 is 40.9 Å². The van der Waals surface area contributed by atoms with E-state index in [1.807, 2.05) is 6.07 Å². The molecule has 5 rings (SSSR count). The number of ketones is 1. The summed E-state index contributed by atoms with van der Waals surface area (Å²) in [6, 6.07) is 17.4. The zero-order valence-corrected chi connectivity index (χ0v) is 18.3. The number of thiophene rings is 1. The summed E-state index contributed by atoms with van der Waals surface area (Å²) in [6.07, 6.45) is -1.33. The minimum atomic E-state index is -4.72. The van der Waals surface area contributed by atoms with Crippen LogP contribution in [0.25, 0.3) is 6.08 Å². The van der Waals surface area contributed by atoms with Crippen molar-refractivity contribution in [2.75, 3.05) is 0 Å². The molecule has 0 bridgehead atoms. The summed E-state index contributed by atoms with van der Waals surface area (Å²) in [7, 11) is 0. The van der Waals surface area contributed by atoms with Crippen molar-refractivity contribution in [3.8, 4) is 12.1 Å². The van der Waals surface area contributed by atoms with Crippen LogP contribution in [0, 0.1) is 28.1 Å². The average Bonchev–Trinajstić information content (AvgIpc) is 3.48. The second-order valence-corrected chi connectivity index (χ2v) is 9.18. The number of carbonyl (C=O) groups is 1. The van der Waals surface area contributed by atoms with Crippen LogP contribution in [0.2, 0.25) is 0 Å². The maximum atomic E-state index is 14.1. The standard InChI is InChI=1S/C26H16F3N3OS/c27-26(28,29)19-9-4-3-8-18(19)21-22(23(33)20-10-5-13-34-20)32-12-11-16-6-1-2-7-17(16)24(32)25(21,14-30)15-31/h1-13,21-22,24H/t21-,22+,24+/m1/s1. The SMILES string of the molecule is N#CC1(C#N)[C@H](c2ccccc2C(F)(F)F)[C@@H](C(=O)c2cccs2)N2C=Cc3ccccc3[C@H]21. The van der Waals surface area contributed by atoms with Gasteiger partial charge in [-0.3, -0.25) is 4.79 Å². The second kappa shape index (κ2) is 7.86. The van der Waals surface area contributed by atoms with Gasteiger partial charge in [-0.05, 0) is 40.3 Å². The fourth-order valence-electron chi connectivity index (χ4n) is 5.23. The highest BCUT2D eigenvalue weighted by Gasteiger charge is 2.64. The Bertz CT molecular complexity index is 1370. The molecule has 0 N–H and O–H groups in total. The van der Waals surface area contributed by atoms with Gasteiger partial charge in [-0.25, -0.2) is 0 Å². The highest BCUT2D eigenvalue weighted by atomic mass is 32.1. The van der Waals surface area contributed by atoms with E-state index in [2.05, 4.69) is 12.1 Å². The van der Waals surface area contributed by atoms with E-state index in [0.29, 0.717) is 10.4 Å². The number of benzene rings is 2. The summed E-state index contributed by atoms with van der Waals surface area (Å²) in [5.41, 5.74) is -1.74. The molecular formula is C26H16F3N3OS. The van der Waals surface area contributed by atoms with Gasteiger partial charge in [0.2, 0.25) is 0 Å². The lowest BCUT2D eigenvalue weighted by Crippen LogP contribution is -2.38. The molecule has 1 aromatic heterocycles. The number of Topliss-reactive ketones (excluding diaryl/α,β-unsaturated/α-hetero) is 1. The molecule has 0 unspecified atom stereocenters. The van der Waals surface area contributed by atoms with Crippen LogP contribution in [0.5, 0.6) is 0 Å². The van der Waals surface area contributed by atoms with Crippen molar-refractivity contribution in [1.29, 1.82) is 10.5 Å². The first kappa shape index (κ1) is 21.9. The van der Waals surface area contributed by atoms with Gasteiger partial charge >= 0.3 is 6.18 Å². The molecule has 3 aromatic rings. The zero-order valence-electron chi connectivity index (χ0n) is 17.5.